The minimum absolute atomic E-state index is 0.000551. The number of amides is 1. The highest BCUT2D eigenvalue weighted by Gasteiger charge is 2.33. The van der Waals surface area contributed by atoms with Crippen molar-refractivity contribution in [1.29, 1.82) is 0 Å². The summed E-state index contributed by atoms with van der Waals surface area (Å²) < 4.78 is 11.7. The average Bonchev–Trinajstić information content (AvgIpc) is 2.66. The van der Waals surface area contributed by atoms with Crippen LogP contribution in [-0.4, -0.2) is 49.8 Å². The van der Waals surface area contributed by atoms with Crippen LogP contribution in [0.2, 0.25) is 0 Å². The molecule has 0 heterocycles. The summed E-state index contributed by atoms with van der Waals surface area (Å²) in [5.74, 6) is 1.08. The quantitative estimate of drug-likeness (QED) is 0.733. The zero-order valence-corrected chi connectivity index (χ0v) is 16.4. The van der Waals surface area contributed by atoms with E-state index in [1.54, 1.807) is 4.90 Å². The highest BCUT2D eigenvalue weighted by Crippen LogP contribution is 2.27. The summed E-state index contributed by atoms with van der Waals surface area (Å²) in [6.45, 7) is 6.03. The van der Waals surface area contributed by atoms with Gasteiger partial charge in [0.1, 0.15) is 12.4 Å². The molecule has 0 aliphatic heterocycles. The third-order valence-corrected chi connectivity index (χ3v) is 5.13. The van der Waals surface area contributed by atoms with Crippen molar-refractivity contribution >= 4 is 5.91 Å². The van der Waals surface area contributed by atoms with E-state index in [-0.39, 0.29) is 24.0 Å². The van der Waals surface area contributed by atoms with E-state index < -0.39 is 0 Å². The highest BCUT2D eigenvalue weighted by atomic mass is 16.5. The first-order valence-electron chi connectivity index (χ1n) is 9.89. The van der Waals surface area contributed by atoms with Crippen LogP contribution in [0.15, 0.2) is 24.3 Å². The highest BCUT2D eigenvalue weighted by molar-refractivity contribution is 5.78. The van der Waals surface area contributed by atoms with Crippen molar-refractivity contribution in [2.24, 2.45) is 11.7 Å². The third-order valence-electron chi connectivity index (χ3n) is 5.13. The van der Waals surface area contributed by atoms with E-state index in [1.165, 1.54) is 5.56 Å². The van der Waals surface area contributed by atoms with Crippen LogP contribution in [0.4, 0.5) is 0 Å². The van der Waals surface area contributed by atoms with E-state index in [2.05, 4.69) is 19.9 Å². The monoisotopic (exact) mass is 362 g/mol. The maximum Gasteiger partial charge on any atom is 0.225 e. The van der Waals surface area contributed by atoms with Crippen molar-refractivity contribution in [3.8, 4) is 5.75 Å². The van der Waals surface area contributed by atoms with Crippen molar-refractivity contribution in [3.05, 3.63) is 29.8 Å². The molecule has 0 bridgehead atoms. The number of benzene rings is 1. The van der Waals surface area contributed by atoms with Crippen molar-refractivity contribution in [3.63, 3.8) is 0 Å². The molecular weight excluding hydrogens is 328 g/mol. The second kappa shape index (κ2) is 10.5. The SMILES string of the molecule is CCCO[C@@H]1CC[C@H](C(=O)N(C)CCOc2ccccc2CC)C[C@H]1N. The molecule has 1 aromatic rings. The van der Waals surface area contributed by atoms with Gasteiger partial charge in [-0.15, -0.1) is 0 Å². The number of carbonyl (C=O) groups is 1. The Morgan fingerprint density at radius 3 is 2.69 bits per heavy atom. The van der Waals surface area contributed by atoms with Crippen LogP contribution in [0.1, 0.15) is 45.1 Å². The van der Waals surface area contributed by atoms with Gasteiger partial charge in [-0.2, -0.15) is 0 Å². The Bertz CT molecular complexity index is 564. The van der Waals surface area contributed by atoms with Crippen LogP contribution in [0, 0.1) is 5.92 Å². The summed E-state index contributed by atoms with van der Waals surface area (Å²) in [6, 6.07) is 8.00. The second-order valence-electron chi connectivity index (χ2n) is 7.15. The number of nitrogens with zero attached hydrogens (tertiary/aromatic N) is 1. The molecule has 1 saturated carbocycles. The molecule has 0 spiro atoms. The topological polar surface area (TPSA) is 64.8 Å². The lowest BCUT2D eigenvalue weighted by atomic mass is 9.83. The Balaban J connectivity index is 1.77. The Kier molecular flexibility index (Phi) is 8.39. The van der Waals surface area contributed by atoms with Crippen LogP contribution in [0.5, 0.6) is 5.75 Å². The first-order chi connectivity index (χ1) is 12.6. The number of nitrogens with two attached hydrogens (primary N) is 1. The molecule has 0 unspecified atom stereocenters. The van der Waals surface area contributed by atoms with Gasteiger partial charge in [0.05, 0.1) is 12.6 Å². The minimum atomic E-state index is -0.0506. The van der Waals surface area contributed by atoms with Crippen LogP contribution >= 0.6 is 0 Å². The van der Waals surface area contributed by atoms with Crippen LogP contribution in [0.3, 0.4) is 0 Å². The van der Waals surface area contributed by atoms with Gasteiger partial charge in [0.25, 0.3) is 0 Å². The summed E-state index contributed by atoms with van der Waals surface area (Å²) in [4.78, 5) is 14.5. The van der Waals surface area contributed by atoms with Crippen molar-refractivity contribution in [2.75, 3.05) is 26.8 Å². The molecular formula is C21H34N2O3. The number of ether oxygens (including phenoxy) is 2. The molecule has 1 aliphatic rings. The van der Waals surface area contributed by atoms with Gasteiger partial charge in [-0.1, -0.05) is 32.0 Å². The van der Waals surface area contributed by atoms with E-state index in [0.717, 1.165) is 38.0 Å². The van der Waals surface area contributed by atoms with Crippen LogP contribution in [-0.2, 0) is 16.0 Å². The minimum Gasteiger partial charge on any atom is -0.491 e. The Morgan fingerprint density at radius 1 is 1.23 bits per heavy atom. The fourth-order valence-electron chi connectivity index (χ4n) is 3.53. The predicted octanol–water partition coefficient (Wildman–Crippen LogP) is 3.01. The number of para-hydroxylation sites is 1. The molecule has 5 nitrogen and oxygen atoms in total. The van der Waals surface area contributed by atoms with Crippen molar-refractivity contribution in [2.45, 2.75) is 58.1 Å². The molecule has 2 rings (SSSR count). The lowest BCUT2D eigenvalue weighted by Crippen LogP contribution is -2.47. The summed E-state index contributed by atoms with van der Waals surface area (Å²) in [7, 11) is 1.85. The standard InChI is InChI=1S/C21H34N2O3/c1-4-13-25-20-11-10-17(15-18(20)22)21(24)23(3)12-14-26-19-9-7-6-8-16(19)5-2/h6-9,17-18,20H,4-5,10-15,22H2,1-3H3/t17-,18+,20+/m0/s1. The average molecular weight is 363 g/mol. The molecule has 1 aliphatic carbocycles. The van der Waals surface area contributed by atoms with E-state index >= 15 is 0 Å². The number of carbonyl (C=O) groups excluding carboxylic acids is 1. The van der Waals surface area contributed by atoms with E-state index in [0.29, 0.717) is 19.6 Å². The second-order valence-corrected chi connectivity index (χ2v) is 7.15. The lowest BCUT2D eigenvalue weighted by Gasteiger charge is -2.34. The van der Waals surface area contributed by atoms with Gasteiger partial charge in [-0.05, 0) is 43.7 Å². The third kappa shape index (κ3) is 5.71. The molecule has 26 heavy (non-hydrogen) atoms. The summed E-state index contributed by atoms with van der Waals surface area (Å²) in [5, 5.41) is 0. The molecule has 0 saturated heterocycles. The zero-order valence-electron chi connectivity index (χ0n) is 16.4. The van der Waals surface area contributed by atoms with E-state index in [4.69, 9.17) is 15.2 Å². The Labute approximate surface area is 157 Å². The fourth-order valence-corrected chi connectivity index (χ4v) is 3.53. The van der Waals surface area contributed by atoms with Gasteiger partial charge in [0.2, 0.25) is 5.91 Å². The number of likely N-dealkylation sites (N-methyl/N-ethyl adjacent to an activating group) is 1. The normalized spacial score (nSPS) is 22.8. The van der Waals surface area contributed by atoms with Gasteiger partial charge in [0.15, 0.2) is 0 Å². The van der Waals surface area contributed by atoms with Crippen LogP contribution < -0.4 is 10.5 Å². The number of hydrogen-bond acceptors (Lipinski definition) is 4. The van der Waals surface area contributed by atoms with E-state index in [9.17, 15) is 4.79 Å². The summed E-state index contributed by atoms with van der Waals surface area (Å²) >= 11 is 0. The molecule has 0 radical (unpaired) electrons. The lowest BCUT2D eigenvalue weighted by molar-refractivity contribution is -0.137. The first kappa shape index (κ1) is 20.7. The molecule has 146 valence electrons. The van der Waals surface area contributed by atoms with Gasteiger partial charge in [-0.3, -0.25) is 4.79 Å². The maximum atomic E-state index is 12.7. The molecule has 1 amide bonds. The van der Waals surface area contributed by atoms with Crippen molar-refractivity contribution in [1.82, 2.24) is 4.90 Å². The summed E-state index contributed by atoms with van der Waals surface area (Å²) in [5.41, 5.74) is 7.43. The number of aryl methyl sites for hydroxylation is 1. The Hall–Kier alpha value is -1.59. The van der Waals surface area contributed by atoms with E-state index in [1.807, 2.05) is 25.2 Å². The zero-order chi connectivity index (χ0) is 18.9. The smallest absolute Gasteiger partial charge is 0.225 e. The molecule has 3 atom stereocenters. The van der Waals surface area contributed by atoms with Gasteiger partial charge < -0.3 is 20.1 Å². The fraction of sp³-hybridized carbons (Fsp3) is 0.667. The van der Waals surface area contributed by atoms with Crippen molar-refractivity contribution < 1.29 is 14.3 Å². The molecule has 2 N–H and O–H groups in total. The maximum absolute atomic E-state index is 12.7. The van der Waals surface area contributed by atoms with Crippen LogP contribution in [0.25, 0.3) is 0 Å². The number of hydrogen-bond donors (Lipinski definition) is 1. The predicted molar refractivity (Wildman–Crippen MR) is 104 cm³/mol. The van der Waals surface area contributed by atoms with Gasteiger partial charge >= 0.3 is 0 Å². The van der Waals surface area contributed by atoms with Gasteiger partial charge in [-0.25, -0.2) is 0 Å². The molecule has 0 aromatic heterocycles. The Morgan fingerprint density at radius 2 is 2.00 bits per heavy atom. The summed E-state index contributed by atoms with van der Waals surface area (Å²) in [6.07, 6.45) is 4.45. The van der Waals surface area contributed by atoms with Gasteiger partial charge in [0, 0.05) is 25.6 Å². The molecule has 1 aromatic carbocycles. The molecule has 5 heteroatoms. The first-order valence-corrected chi connectivity index (χ1v) is 9.89. The molecule has 1 fully saturated rings. The number of rotatable bonds is 9. The largest absolute Gasteiger partial charge is 0.491 e.